The fourth-order valence-corrected chi connectivity index (χ4v) is 5.83. The zero-order valence-corrected chi connectivity index (χ0v) is 35.3. The zero-order chi connectivity index (χ0) is 48.6. The second-order valence-corrected chi connectivity index (χ2v) is 14.5. The van der Waals surface area contributed by atoms with E-state index in [4.69, 9.17) is 10.8 Å². The predicted molar refractivity (Wildman–Crippen MR) is 226 cm³/mol. The minimum Gasteiger partial charge on any atom is -0.481 e. The van der Waals surface area contributed by atoms with Crippen molar-refractivity contribution in [2.75, 3.05) is 12.3 Å². The van der Waals surface area contributed by atoms with Crippen molar-refractivity contribution in [1.29, 1.82) is 0 Å². The van der Waals surface area contributed by atoms with E-state index < -0.39 is 146 Å². The van der Waals surface area contributed by atoms with E-state index in [-0.39, 0.29) is 18.6 Å². The number of urea groups is 1. The summed E-state index contributed by atoms with van der Waals surface area (Å²) in [6, 6.07) is 4.66. The highest BCUT2D eigenvalue weighted by Crippen LogP contribution is 2.08. The maximum Gasteiger partial charge on any atom is 0.327 e. The van der Waals surface area contributed by atoms with Gasteiger partial charge in [-0.2, -0.15) is 12.6 Å². The first-order valence-corrected chi connectivity index (χ1v) is 20.2. The molecule has 25 nitrogen and oxygen atoms in total. The van der Waals surface area contributed by atoms with Crippen molar-refractivity contribution in [3.63, 3.8) is 0 Å². The summed E-state index contributed by atoms with van der Waals surface area (Å²) < 4.78 is 0. The van der Waals surface area contributed by atoms with Crippen LogP contribution < -0.4 is 48.5 Å². The molecule has 2 rings (SSSR count). The highest BCUT2D eigenvalue weighted by Gasteiger charge is 2.32. The Labute approximate surface area is 375 Å². The SMILES string of the molecule is N[C@@H](CNC(=O)[C@H](Cc1ccccc1)NC(=O)[C@H](Cc1ccccc1)NNC(=O)CC[C@H](NC(=O)N[C@@H](CCC(=O)O)C(=O)O)C(=O)O)C(=O)N[C@@H](CC(=O)O)C(=O)N[C@@H](CS)C(=O)O. The standard InChI is InChI=1S/C39H51N9O16S/c40-22(32(54)42-26(17-31(52)53)34(56)44-28(19-65)38(62)63)18-41-33(55)25(15-20-7-3-1-4-8-20)43-35(57)27(16-21-9-5-2-6-10-21)47-48-29(49)13-11-23(36(58)59)45-39(64)46-24(37(60)61)12-14-30(50)51/h1-10,22-28,47,65H,11-19,40H2,(H,41,55)(H,42,54)(H,43,57)(H,44,56)(H,48,49)(H,50,51)(H,52,53)(H,58,59)(H,60,61)(H,62,63)(H2,45,46,64)/t22-,23-,24-,25-,26-,27-,28-/m0/s1. The molecule has 0 aliphatic heterocycles. The van der Waals surface area contributed by atoms with E-state index in [0.29, 0.717) is 11.1 Å². The Morgan fingerprint density at radius 1 is 0.523 bits per heavy atom. The lowest BCUT2D eigenvalue weighted by molar-refractivity contribution is -0.143. The van der Waals surface area contributed by atoms with Crippen molar-refractivity contribution >= 4 is 78.0 Å². The average Bonchev–Trinajstić information content (AvgIpc) is 3.25. The number of hydrazine groups is 1. The van der Waals surface area contributed by atoms with E-state index in [2.05, 4.69) is 44.7 Å². The van der Waals surface area contributed by atoms with Crippen molar-refractivity contribution in [3.05, 3.63) is 71.8 Å². The topological polar surface area (TPSA) is 411 Å². The van der Waals surface area contributed by atoms with E-state index in [1.54, 1.807) is 60.7 Å². The summed E-state index contributed by atoms with van der Waals surface area (Å²) in [5, 5.41) is 59.4. The molecule has 354 valence electrons. The third-order valence-electron chi connectivity index (χ3n) is 9.06. The molecule has 0 unspecified atom stereocenters. The quantitative estimate of drug-likeness (QED) is 0.0281. The molecular weight excluding hydrogens is 883 g/mol. The van der Waals surface area contributed by atoms with Gasteiger partial charge in [-0.1, -0.05) is 60.7 Å². The molecule has 0 aliphatic rings. The lowest BCUT2D eigenvalue weighted by atomic mass is 10.0. The van der Waals surface area contributed by atoms with E-state index in [9.17, 15) is 73.2 Å². The number of hydrogen-bond acceptors (Lipinski definition) is 14. The van der Waals surface area contributed by atoms with Crippen LogP contribution in [-0.2, 0) is 60.8 Å². The number of carbonyl (C=O) groups excluding carboxylic acids is 6. The van der Waals surface area contributed by atoms with Gasteiger partial charge in [0.05, 0.1) is 6.42 Å². The van der Waals surface area contributed by atoms with Crippen molar-refractivity contribution in [3.8, 4) is 0 Å². The van der Waals surface area contributed by atoms with Gasteiger partial charge in [-0.3, -0.25) is 39.0 Å². The number of hydrogen-bond donors (Lipinski definition) is 15. The number of benzene rings is 2. The first kappa shape index (κ1) is 53.8. The van der Waals surface area contributed by atoms with Crippen LogP contribution in [0.2, 0.25) is 0 Å². The van der Waals surface area contributed by atoms with Crippen molar-refractivity contribution in [2.45, 2.75) is 87.2 Å². The van der Waals surface area contributed by atoms with E-state index in [1.165, 1.54) is 0 Å². The number of carboxylic acids is 5. The normalized spacial score (nSPS) is 13.9. The van der Waals surface area contributed by atoms with E-state index in [0.717, 1.165) is 0 Å². The molecule has 0 aromatic heterocycles. The third kappa shape index (κ3) is 20.6. The average molecular weight is 934 g/mol. The van der Waals surface area contributed by atoms with Gasteiger partial charge in [0.25, 0.3) is 0 Å². The Balaban J connectivity index is 2.19. The molecule has 0 fully saturated rings. The minimum absolute atomic E-state index is 0.0733. The van der Waals surface area contributed by atoms with Gasteiger partial charge in [0, 0.05) is 31.6 Å². The number of thiol groups is 1. The summed E-state index contributed by atoms with van der Waals surface area (Å²) in [5.41, 5.74) is 12.0. The summed E-state index contributed by atoms with van der Waals surface area (Å²) >= 11 is 3.83. The first-order chi connectivity index (χ1) is 30.7. The summed E-state index contributed by atoms with van der Waals surface area (Å²) in [6.07, 6.45) is -3.31. The minimum atomic E-state index is -1.76. The molecule has 0 bridgehead atoms. The molecule has 0 saturated carbocycles. The molecule has 7 atom stereocenters. The molecule has 0 heterocycles. The molecule has 7 amide bonds. The second kappa shape index (κ2) is 27.7. The lowest BCUT2D eigenvalue weighted by Gasteiger charge is -2.25. The number of carboxylic acid groups (broad SMARTS) is 5. The predicted octanol–water partition coefficient (Wildman–Crippen LogP) is -3.30. The highest BCUT2D eigenvalue weighted by molar-refractivity contribution is 7.80. The van der Waals surface area contributed by atoms with Crippen molar-refractivity contribution in [1.82, 2.24) is 42.8 Å². The molecule has 0 saturated heterocycles. The molecule has 0 spiro atoms. The van der Waals surface area contributed by atoms with Crippen LogP contribution in [0.25, 0.3) is 0 Å². The van der Waals surface area contributed by atoms with Gasteiger partial charge in [0.15, 0.2) is 0 Å². The molecule has 0 radical (unpaired) electrons. The lowest BCUT2D eigenvalue weighted by Crippen LogP contribution is -2.59. The van der Waals surface area contributed by atoms with Crippen LogP contribution in [0.3, 0.4) is 0 Å². The van der Waals surface area contributed by atoms with Crippen molar-refractivity contribution < 1.29 is 78.3 Å². The van der Waals surface area contributed by atoms with Crippen LogP contribution >= 0.6 is 12.6 Å². The summed E-state index contributed by atoms with van der Waals surface area (Å²) in [4.78, 5) is 135. The Kier molecular flexibility index (Phi) is 22.9. The smallest absolute Gasteiger partial charge is 0.327 e. The number of nitrogens with two attached hydrogens (primary N) is 1. The largest absolute Gasteiger partial charge is 0.481 e. The molecule has 15 N–H and O–H groups in total. The van der Waals surface area contributed by atoms with Crippen LogP contribution in [-0.4, -0.2) is 146 Å². The van der Waals surface area contributed by atoms with Crippen LogP contribution in [0.5, 0.6) is 0 Å². The third-order valence-corrected chi connectivity index (χ3v) is 9.42. The molecule has 0 aliphatic carbocycles. The summed E-state index contributed by atoms with van der Waals surface area (Å²) in [6.45, 7) is -0.595. The highest BCUT2D eigenvalue weighted by atomic mass is 32.1. The molecule has 26 heteroatoms. The fourth-order valence-electron chi connectivity index (χ4n) is 5.58. The molecule has 65 heavy (non-hydrogen) atoms. The van der Waals surface area contributed by atoms with Crippen LogP contribution in [0.1, 0.15) is 43.2 Å². The van der Waals surface area contributed by atoms with Gasteiger partial charge in [-0.05, 0) is 30.4 Å². The van der Waals surface area contributed by atoms with Gasteiger partial charge in [-0.25, -0.2) is 24.6 Å². The Bertz CT molecular complexity index is 2010. The van der Waals surface area contributed by atoms with E-state index in [1.807, 2.05) is 10.6 Å². The maximum atomic E-state index is 13.9. The van der Waals surface area contributed by atoms with Crippen molar-refractivity contribution in [2.24, 2.45) is 5.73 Å². The number of nitrogens with one attached hydrogen (secondary N) is 8. The molecule has 2 aromatic carbocycles. The maximum absolute atomic E-state index is 13.9. The number of amides is 7. The second-order valence-electron chi connectivity index (χ2n) is 14.1. The number of carbonyl (C=O) groups is 11. The van der Waals surface area contributed by atoms with Crippen LogP contribution in [0.15, 0.2) is 60.7 Å². The molecular formula is C39H51N9O16S. The Morgan fingerprint density at radius 3 is 1.46 bits per heavy atom. The fraction of sp³-hybridized carbons (Fsp3) is 0.410. The number of rotatable bonds is 29. The van der Waals surface area contributed by atoms with Gasteiger partial charge < -0.3 is 63.2 Å². The van der Waals surface area contributed by atoms with Gasteiger partial charge in [0.2, 0.25) is 29.5 Å². The molecule has 2 aromatic rings. The monoisotopic (exact) mass is 933 g/mol. The Hall–Kier alpha value is -7.32. The van der Waals surface area contributed by atoms with Gasteiger partial charge in [0.1, 0.15) is 42.3 Å². The first-order valence-electron chi connectivity index (χ1n) is 19.6. The summed E-state index contributed by atoms with van der Waals surface area (Å²) in [5.74, 6) is -12.6. The van der Waals surface area contributed by atoms with Gasteiger partial charge in [-0.15, -0.1) is 0 Å². The van der Waals surface area contributed by atoms with Crippen LogP contribution in [0, 0.1) is 0 Å². The zero-order valence-electron chi connectivity index (χ0n) is 34.4. The summed E-state index contributed by atoms with van der Waals surface area (Å²) in [7, 11) is 0. The van der Waals surface area contributed by atoms with E-state index >= 15 is 0 Å². The Morgan fingerprint density at radius 2 is 0.985 bits per heavy atom. The van der Waals surface area contributed by atoms with Gasteiger partial charge >= 0.3 is 35.9 Å². The van der Waals surface area contributed by atoms with Crippen LogP contribution in [0.4, 0.5) is 4.79 Å². The number of aliphatic carboxylic acids is 5.